The second kappa shape index (κ2) is 7.24. The number of anilines is 2. The third-order valence-corrected chi connectivity index (χ3v) is 3.67. The summed E-state index contributed by atoms with van der Waals surface area (Å²) in [5.74, 6) is 0. The molecule has 0 unspecified atom stereocenters. The van der Waals surface area contributed by atoms with Gasteiger partial charge in [0.1, 0.15) is 0 Å². The summed E-state index contributed by atoms with van der Waals surface area (Å²) in [5.41, 5.74) is 11.3. The van der Waals surface area contributed by atoms with Crippen LogP contribution in [0.5, 0.6) is 0 Å². The number of nitrogen functional groups attached to an aromatic ring is 1. The number of benzene rings is 1. The van der Waals surface area contributed by atoms with Crippen LogP contribution in [0.2, 0.25) is 5.28 Å². The average molecular weight is 330 g/mol. The number of halogens is 1. The number of aromatic nitrogens is 2. The van der Waals surface area contributed by atoms with Gasteiger partial charge in [-0.15, -0.1) is 0 Å². The van der Waals surface area contributed by atoms with E-state index in [1.54, 1.807) is 19.5 Å². The minimum Gasteiger partial charge on any atom is -0.398 e. The summed E-state index contributed by atoms with van der Waals surface area (Å²) in [6.07, 6.45) is 3.48. The topological polar surface area (TPSA) is 67.4 Å². The Morgan fingerprint density at radius 2 is 2.22 bits per heavy atom. The largest absolute Gasteiger partial charge is 0.398 e. The normalized spacial score (nSPS) is 11.0. The Bertz CT molecular complexity index is 755. The van der Waals surface area contributed by atoms with E-state index in [9.17, 15) is 0 Å². The fraction of sp³-hybridized carbons (Fsp3) is 0.235. The van der Waals surface area contributed by atoms with Crippen molar-refractivity contribution in [3.8, 4) is 0 Å². The minimum absolute atomic E-state index is 0.252. The molecule has 1 heterocycles. The second-order valence-corrected chi connectivity index (χ2v) is 5.61. The predicted octanol–water partition coefficient (Wildman–Crippen LogP) is 3.61. The first-order chi connectivity index (χ1) is 10.9. The van der Waals surface area contributed by atoms with Crippen LogP contribution in [-0.4, -0.2) is 23.2 Å². The highest BCUT2D eigenvalue weighted by Crippen LogP contribution is 2.25. The minimum atomic E-state index is 0.252. The van der Waals surface area contributed by atoms with Crippen LogP contribution in [0.4, 0.5) is 11.4 Å². The van der Waals surface area contributed by atoms with Gasteiger partial charge in [0.25, 0.3) is 0 Å². The van der Waals surface area contributed by atoms with Gasteiger partial charge in [-0.05, 0) is 43.6 Å². The average Bonchev–Trinajstić information content (AvgIpc) is 2.49. The van der Waals surface area contributed by atoms with Gasteiger partial charge >= 0.3 is 0 Å². The second-order valence-electron chi connectivity index (χ2n) is 5.27. The molecule has 0 radical (unpaired) electrons. The first-order valence-corrected chi connectivity index (χ1v) is 7.53. The molecule has 2 aromatic rings. The van der Waals surface area contributed by atoms with Crippen LogP contribution < -0.4 is 10.6 Å². The fourth-order valence-electron chi connectivity index (χ4n) is 2.22. The summed E-state index contributed by atoms with van der Waals surface area (Å²) in [6, 6.07) is 5.82. The lowest BCUT2D eigenvalue weighted by Gasteiger charge is -2.26. The fourth-order valence-corrected chi connectivity index (χ4v) is 2.39. The number of hydrogen-bond acceptors (Lipinski definition) is 5. The van der Waals surface area contributed by atoms with Crippen molar-refractivity contribution < 1.29 is 0 Å². The van der Waals surface area contributed by atoms with Crippen molar-refractivity contribution in [1.29, 1.82) is 0 Å². The number of aliphatic imine (C=N–C) groups is 1. The van der Waals surface area contributed by atoms with Crippen molar-refractivity contribution >= 4 is 29.2 Å². The molecule has 0 aliphatic heterocycles. The molecule has 0 saturated heterocycles. The quantitative estimate of drug-likeness (QED) is 0.517. The van der Waals surface area contributed by atoms with Crippen LogP contribution in [0.25, 0.3) is 0 Å². The Morgan fingerprint density at radius 3 is 2.83 bits per heavy atom. The summed E-state index contributed by atoms with van der Waals surface area (Å²) in [4.78, 5) is 14.4. The molecule has 0 atom stereocenters. The lowest BCUT2D eigenvalue weighted by molar-refractivity contribution is 0.881. The molecule has 0 bridgehead atoms. The van der Waals surface area contributed by atoms with Gasteiger partial charge in [-0.25, -0.2) is 9.97 Å². The predicted molar refractivity (Wildman–Crippen MR) is 97.1 cm³/mol. The molecule has 0 aliphatic rings. The number of rotatable bonds is 5. The molecule has 2 rings (SSSR count). The van der Waals surface area contributed by atoms with E-state index in [4.69, 9.17) is 17.3 Å². The van der Waals surface area contributed by atoms with E-state index in [0.29, 0.717) is 12.2 Å². The van der Waals surface area contributed by atoms with E-state index in [1.807, 2.05) is 32.0 Å². The Balaban J connectivity index is 2.39. The van der Waals surface area contributed by atoms with E-state index in [-0.39, 0.29) is 5.28 Å². The number of nitrogens with zero attached hydrogens (tertiary/aromatic N) is 4. The first kappa shape index (κ1) is 17.0. The molecule has 1 aromatic heterocycles. The van der Waals surface area contributed by atoms with Crippen molar-refractivity contribution in [2.24, 2.45) is 4.99 Å². The third-order valence-electron chi connectivity index (χ3n) is 3.49. The van der Waals surface area contributed by atoms with Crippen molar-refractivity contribution in [2.45, 2.75) is 20.4 Å². The Morgan fingerprint density at radius 1 is 1.48 bits per heavy atom. The first-order valence-electron chi connectivity index (χ1n) is 7.15. The van der Waals surface area contributed by atoms with E-state index in [1.165, 1.54) is 0 Å². The SMILES string of the molecule is C=C(C)N(Cc1cnc(Cl)nc1C)c1ccc(N)c(C=NC)c1. The Kier molecular flexibility index (Phi) is 5.34. The van der Waals surface area contributed by atoms with Gasteiger partial charge in [0.2, 0.25) is 5.28 Å². The molecule has 1 aromatic carbocycles. The van der Waals surface area contributed by atoms with Gasteiger partial charge in [0.15, 0.2) is 0 Å². The summed E-state index contributed by atoms with van der Waals surface area (Å²) in [5, 5.41) is 0.252. The summed E-state index contributed by atoms with van der Waals surface area (Å²) in [7, 11) is 1.72. The van der Waals surface area contributed by atoms with Crippen LogP contribution in [-0.2, 0) is 6.54 Å². The molecular weight excluding hydrogens is 310 g/mol. The van der Waals surface area contributed by atoms with Crippen LogP contribution >= 0.6 is 11.6 Å². The van der Waals surface area contributed by atoms with E-state index < -0.39 is 0 Å². The monoisotopic (exact) mass is 329 g/mol. The van der Waals surface area contributed by atoms with E-state index in [0.717, 1.165) is 28.2 Å². The summed E-state index contributed by atoms with van der Waals surface area (Å²) >= 11 is 5.82. The van der Waals surface area contributed by atoms with Crippen molar-refractivity contribution in [3.63, 3.8) is 0 Å². The maximum atomic E-state index is 5.98. The maximum absolute atomic E-state index is 5.98. The molecule has 6 heteroatoms. The Labute approximate surface area is 141 Å². The van der Waals surface area contributed by atoms with Crippen molar-refractivity contribution in [1.82, 2.24) is 9.97 Å². The zero-order valence-electron chi connectivity index (χ0n) is 13.5. The van der Waals surface area contributed by atoms with Crippen molar-refractivity contribution in [3.05, 3.63) is 58.8 Å². The van der Waals surface area contributed by atoms with Gasteiger partial charge < -0.3 is 10.6 Å². The highest BCUT2D eigenvalue weighted by atomic mass is 35.5. The highest BCUT2D eigenvalue weighted by molar-refractivity contribution is 6.28. The summed E-state index contributed by atoms with van der Waals surface area (Å²) in [6.45, 7) is 8.54. The number of nitrogens with two attached hydrogens (primary N) is 1. The zero-order valence-corrected chi connectivity index (χ0v) is 14.3. The molecule has 0 amide bonds. The molecule has 0 aliphatic carbocycles. The van der Waals surface area contributed by atoms with Gasteiger partial charge in [0.05, 0.1) is 6.54 Å². The number of allylic oxidation sites excluding steroid dienone is 1. The smallest absolute Gasteiger partial charge is 0.222 e. The van der Waals surface area contributed by atoms with Crippen molar-refractivity contribution in [2.75, 3.05) is 17.7 Å². The van der Waals surface area contributed by atoms with Gasteiger partial charge in [-0.1, -0.05) is 6.58 Å². The zero-order chi connectivity index (χ0) is 17.0. The molecule has 23 heavy (non-hydrogen) atoms. The van der Waals surface area contributed by atoms with Crippen LogP contribution in [0.15, 0.2) is 41.7 Å². The van der Waals surface area contributed by atoms with Gasteiger partial charge in [0, 0.05) is 53.4 Å². The maximum Gasteiger partial charge on any atom is 0.222 e. The molecular formula is C17H20ClN5. The molecule has 0 fully saturated rings. The number of hydrogen-bond donors (Lipinski definition) is 1. The molecule has 5 nitrogen and oxygen atoms in total. The van der Waals surface area contributed by atoms with E-state index in [2.05, 4.69) is 26.4 Å². The van der Waals surface area contributed by atoms with Gasteiger partial charge in [-0.2, -0.15) is 0 Å². The van der Waals surface area contributed by atoms with Crippen LogP contribution in [0.3, 0.4) is 0 Å². The molecule has 120 valence electrons. The Hall–Kier alpha value is -2.40. The van der Waals surface area contributed by atoms with Crippen LogP contribution in [0.1, 0.15) is 23.7 Å². The molecule has 0 spiro atoms. The third kappa shape index (κ3) is 4.07. The summed E-state index contributed by atoms with van der Waals surface area (Å²) < 4.78 is 0. The van der Waals surface area contributed by atoms with Gasteiger partial charge in [-0.3, -0.25) is 4.99 Å². The molecule has 0 saturated carbocycles. The standard InChI is InChI=1S/C17H20ClN5/c1-11(2)23(10-14-9-21-17(18)22-12(14)3)15-5-6-16(19)13(7-15)8-20-4/h5-9H,1,10,19H2,2-4H3. The molecule has 2 N–H and O–H groups in total. The van der Waals surface area contributed by atoms with E-state index >= 15 is 0 Å². The number of aryl methyl sites for hydroxylation is 1. The lowest BCUT2D eigenvalue weighted by Crippen LogP contribution is -2.21. The van der Waals surface area contributed by atoms with Crippen LogP contribution in [0, 0.1) is 6.92 Å². The highest BCUT2D eigenvalue weighted by Gasteiger charge is 2.12. The lowest BCUT2D eigenvalue weighted by atomic mass is 10.1.